The molecule has 31 heavy (non-hydrogen) atoms. The Labute approximate surface area is 181 Å². The van der Waals surface area contributed by atoms with E-state index in [1.165, 1.54) is 5.56 Å². The summed E-state index contributed by atoms with van der Waals surface area (Å²) in [4.78, 5) is 18.2. The van der Waals surface area contributed by atoms with Crippen molar-refractivity contribution in [3.8, 4) is 0 Å². The number of benzene rings is 1. The molecule has 3 aromatic rings. The third-order valence-corrected chi connectivity index (χ3v) is 5.99. The summed E-state index contributed by atoms with van der Waals surface area (Å²) < 4.78 is 12.8. The van der Waals surface area contributed by atoms with Gasteiger partial charge in [0.1, 0.15) is 0 Å². The van der Waals surface area contributed by atoms with Gasteiger partial charge in [-0.05, 0) is 59.7 Å². The summed E-state index contributed by atoms with van der Waals surface area (Å²) in [6, 6.07) is 6.15. The van der Waals surface area contributed by atoms with Gasteiger partial charge in [-0.15, -0.1) is 5.10 Å². The Morgan fingerprint density at radius 1 is 1.32 bits per heavy atom. The predicted octanol–water partition coefficient (Wildman–Crippen LogP) is 1.96. The molecule has 0 spiro atoms. The van der Waals surface area contributed by atoms with Crippen LogP contribution in [0, 0.1) is 13.8 Å². The van der Waals surface area contributed by atoms with Gasteiger partial charge in [0.05, 0.1) is 31.3 Å². The van der Waals surface area contributed by atoms with Crippen molar-refractivity contribution in [2.45, 2.75) is 52.4 Å². The predicted molar refractivity (Wildman–Crippen MR) is 117 cm³/mol. The quantitative estimate of drug-likeness (QED) is 0.558. The molecule has 2 aromatic heterocycles. The van der Waals surface area contributed by atoms with E-state index in [-0.39, 0.29) is 11.7 Å². The number of aromatic amines is 1. The highest BCUT2D eigenvalue weighted by Crippen LogP contribution is 2.20. The van der Waals surface area contributed by atoms with Crippen molar-refractivity contribution in [3.05, 3.63) is 51.1 Å². The molecule has 0 saturated carbocycles. The monoisotopic (exact) mass is 426 g/mol. The number of aromatic nitrogens is 5. The smallest absolute Gasteiger partial charge is 0.252 e. The third-order valence-electron chi connectivity index (χ3n) is 5.99. The number of nitrogens with zero attached hydrogens (tertiary/aromatic N) is 5. The molecule has 1 unspecified atom stereocenters. The molecule has 9 nitrogen and oxygen atoms in total. The molecule has 0 amide bonds. The zero-order valence-corrected chi connectivity index (χ0v) is 18.4. The van der Waals surface area contributed by atoms with Gasteiger partial charge in [0.2, 0.25) is 0 Å². The van der Waals surface area contributed by atoms with Gasteiger partial charge in [-0.3, -0.25) is 9.69 Å². The lowest BCUT2D eigenvalue weighted by molar-refractivity contribution is 0.0660. The first kappa shape index (κ1) is 21.6. The van der Waals surface area contributed by atoms with Crippen molar-refractivity contribution in [2.24, 2.45) is 0 Å². The van der Waals surface area contributed by atoms with Crippen molar-refractivity contribution in [1.82, 2.24) is 30.1 Å². The molecule has 4 rings (SSSR count). The second-order valence-corrected chi connectivity index (χ2v) is 8.21. The lowest BCUT2D eigenvalue weighted by atomic mass is 10.0. The summed E-state index contributed by atoms with van der Waals surface area (Å²) in [6.07, 6.45) is 2.25. The van der Waals surface area contributed by atoms with Crippen LogP contribution in [0.25, 0.3) is 10.9 Å². The summed E-state index contributed by atoms with van der Waals surface area (Å²) in [5, 5.41) is 13.1. The lowest BCUT2D eigenvalue weighted by Crippen LogP contribution is -2.34. The molecule has 1 fully saturated rings. The Morgan fingerprint density at radius 3 is 2.97 bits per heavy atom. The highest BCUT2D eigenvalue weighted by Gasteiger charge is 2.22. The van der Waals surface area contributed by atoms with Crippen LogP contribution in [0.15, 0.2) is 23.0 Å². The molecule has 1 aliphatic heterocycles. The van der Waals surface area contributed by atoms with Crippen molar-refractivity contribution < 1.29 is 9.47 Å². The van der Waals surface area contributed by atoms with Crippen molar-refractivity contribution in [3.63, 3.8) is 0 Å². The number of hydrogen-bond donors (Lipinski definition) is 1. The standard InChI is InChI=1S/C22H30N6O3/c1-15-6-7-17-11-18(22(29)23-21(17)16(15)2)12-27(13-19-5-4-9-31-19)14-20-24-25-26-28(20)8-10-30-3/h6-7,11,19H,4-5,8-10,12-14H2,1-3H3,(H,23,29). The topological polar surface area (TPSA) is 98.2 Å². The minimum Gasteiger partial charge on any atom is -0.383 e. The van der Waals surface area contributed by atoms with E-state index in [4.69, 9.17) is 9.47 Å². The van der Waals surface area contributed by atoms with E-state index in [0.717, 1.165) is 53.8 Å². The largest absolute Gasteiger partial charge is 0.383 e. The van der Waals surface area contributed by atoms with Gasteiger partial charge in [-0.2, -0.15) is 0 Å². The maximum Gasteiger partial charge on any atom is 0.252 e. The molecule has 0 radical (unpaired) electrons. The Bertz CT molecular complexity index is 1090. The van der Waals surface area contributed by atoms with Crippen LogP contribution in [-0.2, 0) is 29.1 Å². The zero-order valence-electron chi connectivity index (χ0n) is 18.4. The highest BCUT2D eigenvalue weighted by molar-refractivity contribution is 5.83. The van der Waals surface area contributed by atoms with Crippen molar-refractivity contribution in [2.75, 3.05) is 26.9 Å². The van der Waals surface area contributed by atoms with E-state index >= 15 is 0 Å². The molecule has 166 valence electrons. The maximum atomic E-state index is 12.9. The van der Waals surface area contributed by atoms with Gasteiger partial charge in [0.25, 0.3) is 5.56 Å². The zero-order chi connectivity index (χ0) is 21.8. The first-order valence-electron chi connectivity index (χ1n) is 10.7. The molecule has 3 heterocycles. The van der Waals surface area contributed by atoms with Gasteiger partial charge >= 0.3 is 0 Å². The van der Waals surface area contributed by atoms with Crippen LogP contribution >= 0.6 is 0 Å². The lowest BCUT2D eigenvalue weighted by Gasteiger charge is -2.24. The second kappa shape index (κ2) is 9.67. The fourth-order valence-electron chi connectivity index (χ4n) is 4.08. The first-order valence-corrected chi connectivity index (χ1v) is 10.7. The molecule has 9 heteroatoms. The van der Waals surface area contributed by atoms with E-state index < -0.39 is 0 Å². The fourth-order valence-corrected chi connectivity index (χ4v) is 4.08. The number of ether oxygens (including phenoxy) is 2. The second-order valence-electron chi connectivity index (χ2n) is 8.21. The molecular formula is C22H30N6O3. The third kappa shape index (κ3) is 5.00. The van der Waals surface area contributed by atoms with Crippen LogP contribution in [0.2, 0.25) is 0 Å². The number of aryl methyl sites for hydroxylation is 2. The number of fused-ring (bicyclic) bond motifs is 1. The van der Waals surface area contributed by atoms with E-state index in [2.05, 4.69) is 44.5 Å². The molecule has 1 atom stereocenters. The molecule has 1 N–H and O–H groups in total. The van der Waals surface area contributed by atoms with Crippen molar-refractivity contribution >= 4 is 10.9 Å². The molecule has 1 saturated heterocycles. The van der Waals surface area contributed by atoms with Gasteiger partial charge in [0, 0.05) is 32.4 Å². The fraction of sp³-hybridized carbons (Fsp3) is 0.545. The van der Waals surface area contributed by atoms with E-state index in [1.54, 1.807) is 11.8 Å². The summed E-state index contributed by atoms with van der Waals surface area (Å²) in [5.41, 5.74) is 3.85. The summed E-state index contributed by atoms with van der Waals surface area (Å²) in [6.45, 7) is 7.75. The van der Waals surface area contributed by atoms with E-state index in [1.807, 2.05) is 13.0 Å². The SMILES string of the molecule is COCCn1nnnc1CN(Cc1cc2ccc(C)c(C)c2[nH]c1=O)CC1CCCO1. The highest BCUT2D eigenvalue weighted by atomic mass is 16.5. The van der Waals surface area contributed by atoms with Gasteiger partial charge in [0.15, 0.2) is 5.82 Å². The maximum absolute atomic E-state index is 12.9. The number of tetrazole rings is 1. The van der Waals surface area contributed by atoms with Gasteiger partial charge in [-0.25, -0.2) is 4.68 Å². The number of rotatable bonds is 9. The number of methoxy groups -OCH3 is 1. The number of pyridine rings is 1. The summed E-state index contributed by atoms with van der Waals surface area (Å²) in [5.74, 6) is 0.749. The minimum atomic E-state index is -0.0579. The van der Waals surface area contributed by atoms with Crippen LogP contribution < -0.4 is 5.56 Å². The molecule has 0 bridgehead atoms. The molecule has 0 aliphatic carbocycles. The Morgan fingerprint density at radius 2 is 2.19 bits per heavy atom. The first-order chi connectivity index (χ1) is 15.0. The minimum absolute atomic E-state index is 0.0579. The summed E-state index contributed by atoms with van der Waals surface area (Å²) >= 11 is 0. The van der Waals surface area contributed by atoms with Gasteiger partial charge < -0.3 is 14.5 Å². The Hall–Kier alpha value is -2.62. The normalized spacial score (nSPS) is 16.6. The Balaban J connectivity index is 1.60. The molecular weight excluding hydrogens is 396 g/mol. The van der Waals surface area contributed by atoms with Crippen LogP contribution in [0.4, 0.5) is 0 Å². The van der Waals surface area contributed by atoms with Crippen LogP contribution in [-0.4, -0.2) is 63.1 Å². The van der Waals surface area contributed by atoms with Crippen LogP contribution in [0.1, 0.15) is 35.4 Å². The van der Waals surface area contributed by atoms with Crippen LogP contribution in [0.3, 0.4) is 0 Å². The molecule has 1 aliphatic rings. The number of nitrogens with one attached hydrogen (secondary N) is 1. The average molecular weight is 427 g/mol. The van der Waals surface area contributed by atoms with Gasteiger partial charge in [-0.1, -0.05) is 12.1 Å². The number of H-pyrrole nitrogens is 1. The van der Waals surface area contributed by atoms with Crippen LogP contribution in [0.5, 0.6) is 0 Å². The number of hydrogen-bond acceptors (Lipinski definition) is 7. The van der Waals surface area contributed by atoms with E-state index in [9.17, 15) is 4.79 Å². The summed E-state index contributed by atoms with van der Waals surface area (Å²) in [7, 11) is 1.66. The van der Waals surface area contributed by atoms with E-state index in [0.29, 0.717) is 26.2 Å². The average Bonchev–Trinajstić information content (AvgIpc) is 3.42. The Kier molecular flexibility index (Phi) is 6.74. The van der Waals surface area contributed by atoms with Crippen molar-refractivity contribution in [1.29, 1.82) is 0 Å². The molecule has 1 aromatic carbocycles.